The van der Waals surface area contributed by atoms with Crippen LogP contribution in [0.15, 0.2) is 17.6 Å². The number of hydrogen-bond donors (Lipinski definition) is 1. The third-order valence-corrected chi connectivity index (χ3v) is 8.16. The molecule has 1 N–H and O–H groups in total. The molecular formula is C26H43BN4O5S. The van der Waals surface area contributed by atoms with E-state index in [1.807, 2.05) is 46.4 Å². The van der Waals surface area contributed by atoms with Crippen LogP contribution in [0.2, 0.25) is 0 Å². The average molecular weight is 535 g/mol. The number of nitrogens with zero attached hydrogens (tertiary/aromatic N) is 3. The molecule has 0 bridgehead atoms. The zero-order valence-corrected chi connectivity index (χ0v) is 24.6. The first-order valence-electron chi connectivity index (χ1n) is 13.2. The third kappa shape index (κ3) is 7.83. The predicted octanol–water partition coefficient (Wildman–Crippen LogP) is 3.66. The lowest BCUT2D eigenvalue weighted by atomic mass is 9.81. The molecule has 3 heterocycles. The Morgan fingerprint density at radius 2 is 1.78 bits per heavy atom. The summed E-state index contributed by atoms with van der Waals surface area (Å²) in [5, 5.41) is 3.47. The molecule has 2 atom stereocenters. The SMILES string of the molecule is CC(C)[C@@H](NC(=O)OC(C)(C)C)C(=O)N1CCC[C@H](CSc2ncc(B3OC(C)(C)C(C)(C)O3)cn2)C1. The van der Waals surface area contributed by atoms with Crippen LogP contribution in [0.1, 0.15) is 75.2 Å². The highest BCUT2D eigenvalue weighted by Gasteiger charge is 2.52. The molecule has 2 amide bonds. The van der Waals surface area contributed by atoms with Gasteiger partial charge in [0.05, 0.1) is 11.2 Å². The first kappa shape index (κ1) is 29.7. The maximum atomic E-state index is 13.3. The number of hydrogen-bond acceptors (Lipinski definition) is 8. The van der Waals surface area contributed by atoms with Gasteiger partial charge in [-0.1, -0.05) is 25.6 Å². The lowest BCUT2D eigenvalue weighted by Gasteiger charge is -2.36. The summed E-state index contributed by atoms with van der Waals surface area (Å²) in [5.41, 5.74) is -0.638. The fraction of sp³-hybridized carbons (Fsp3) is 0.769. The van der Waals surface area contributed by atoms with Crippen LogP contribution in [0, 0.1) is 11.8 Å². The van der Waals surface area contributed by atoms with E-state index < -0.39 is 36.1 Å². The minimum absolute atomic E-state index is 0.0503. The lowest BCUT2D eigenvalue weighted by Crippen LogP contribution is -2.54. The monoisotopic (exact) mass is 534 g/mol. The van der Waals surface area contributed by atoms with Crippen LogP contribution in [0.3, 0.4) is 0 Å². The van der Waals surface area contributed by atoms with Gasteiger partial charge in [0.25, 0.3) is 0 Å². The summed E-state index contributed by atoms with van der Waals surface area (Å²) < 4.78 is 17.5. The van der Waals surface area contributed by atoms with Crippen molar-refractivity contribution in [2.24, 2.45) is 11.8 Å². The largest absolute Gasteiger partial charge is 0.498 e. The van der Waals surface area contributed by atoms with Gasteiger partial charge in [-0.2, -0.15) is 0 Å². The molecule has 9 nitrogen and oxygen atoms in total. The maximum Gasteiger partial charge on any atom is 0.498 e. The topological polar surface area (TPSA) is 103 Å². The molecule has 206 valence electrons. The van der Waals surface area contributed by atoms with Crippen LogP contribution < -0.4 is 10.8 Å². The molecule has 1 aromatic rings. The van der Waals surface area contributed by atoms with E-state index in [9.17, 15) is 9.59 Å². The van der Waals surface area contributed by atoms with E-state index >= 15 is 0 Å². The Morgan fingerprint density at radius 1 is 1.19 bits per heavy atom. The molecule has 2 aliphatic heterocycles. The summed E-state index contributed by atoms with van der Waals surface area (Å²) in [5.74, 6) is 1.03. The third-order valence-electron chi connectivity index (χ3n) is 7.06. The normalized spacial score (nSPS) is 22.2. The smallest absolute Gasteiger partial charge is 0.444 e. The second kappa shape index (κ2) is 11.5. The number of likely N-dealkylation sites (tertiary alicyclic amines) is 1. The van der Waals surface area contributed by atoms with Crippen LogP contribution in [-0.2, 0) is 18.8 Å². The Labute approximate surface area is 226 Å². The lowest BCUT2D eigenvalue weighted by molar-refractivity contribution is -0.136. The molecule has 0 unspecified atom stereocenters. The van der Waals surface area contributed by atoms with Crippen molar-refractivity contribution in [1.29, 1.82) is 0 Å². The number of amides is 2. The molecule has 37 heavy (non-hydrogen) atoms. The molecule has 11 heteroatoms. The second-order valence-electron chi connectivity index (χ2n) is 12.4. The van der Waals surface area contributed by atoms with Crippen molar-refractivity contribution in [1.82, 2.24) is 20.2 Å². The Bertz CT molecular complexity index is 935. The number of thioether (sulfide) groups is 1. The van der Waals surface area contributed by atoms with Gasteiger partial charge in [-0.25, -0.2) is 14.8 Å². The molecule has 1 aromatic heterocycles. The van der Waals surface area contributed by atoms with Gasteiger partial charge in [-0.05, 0) is 73.1 Å². The molecule has 2 aliphatic rings. The van der Waals surface area contributed by atoms with Gasteiger partial charge in [0.1, 0.15) is 11.6 Å². The molecule has 3 rings (SSSR count). The van der Waals surface area contributed by atoms with E-state index in [1.54, 1.807) is 44.9 Å². The van der Waals surface area contributed by atoms with E-state index in [1.165, 1.54) is 0 Å². The van der Waals surface area contributed by atoms with Crippen molar-refractivity contribution in [3.8, 4) is 0 Å². The fourth-order valence-electron chi connectivity index (χ4n) is 4.24. The molecule has 0 radical (unpaired) electrons. The number of rotatable bonds is 7. The summed E-state index contributed by atoms with van der Waals surface area (Å²) >= 11 is 1.59. The van der Waals surface area contributed by atoms with Gasteiger partial charge in [0.2, 0.25) is 5.91 Å². The van der Waals surface area contributed by atoms with Crippen molar-refractivity contribution in [3.05, 3.63) is 12.4 Å². The molecule has 0 aliphatic carbocycles. The van der Waals surface area contributed by atoms with Crippen LogP contribution in [-0.4, -0.2) is 75.7 Å². The zero-order valence-electron chi connectivity index (χ0n) is 23.8. The molecule has 0 spiro atoms. The van der Waals surface area contributed by atoms with Crippen LogP contribution >= 0.6 is 11.8 Å². The average Bonchev–Trinajstić information content (AvgIpc) is 3.01. The van der Waals surface area contributed by atoms with Crippen molar-refractivity contribution in [2.45, 2.75) is 103 Å². The molecule has 2 fully saturated rings. The van der Waals surface area contributed by atoms with E-state index in [0.717, 1.165) is 24.1 Å². The minimum Gasteiger partial charge on any atom is -0.444 e. The maximum absolute atomic E-state index is 13.3. The van der Waals surface area contributed by atoms with Crippen LogP contribution in [0.25, 0.3) is 0 Å². The summed E-state index contributed by atoms with van der Waals surface area (Å²) in [6.45, 7) is 18.7. The Morgan fingerprint density at radius 3 is 2.32 bits per heavy atom. The van der Waals surface area contributed by atoms with Crippen molar-refractivity contribution < 1.29 is 23.6 Å². The highest BCUT2D eigenvalue weighted by molar-refractivity contribution is 7.99. The Hall–Kier alpha value is -1.85. The zero-order chi connectivity index (χ0) is 27.6. The number of carbonyl (C=O) groups is 2. The van der Waals surface area contributed by atoms with E-state index in [0.29, 0.717) is 24.2 Å². The number of piperidine rings is 1. The quantitative estimate of drug-likeness (QED) is 0.321. The van der Waals surface area contributed by atoms with Gasteiger partial charge in [0, 0.05) is 36.7 Å². The van der Waals surface area contributed by atoms with Crippen molar-refractivity contribution in [2.75, 3.05) is 18.8 Å². The molecular weight excluding hydrogens is 491 g/mol. The first-order chi connectivity index (χ1) is 17.1. The molecule has 2 saturated heterocycles. The Balaban J connectivity index is 1.53. The highest BCUT2D eigenvalue weighted by Crippen LogP contribution is 2.36. The van der Waals surface area contributed by atoms with Crippen molar-refractivity contribution >= 4 is 36.3 Å². The van der Waals surface area contributed by atoms with E-state index in [4.69, 9.17) is 14.0 Å². The summed E-state index contributed by atoms with van der Waals surface area (Å²) in [6.07, 6.45) is 4.93. The minimum atomic E-state index is -0.618. The van der Waals surface area contributed by atoms with E-state index in [2.05, 4.69) is 15.3 Å². The number of ether oxygens (including phenoxy) is 1. The van der Waals surface area contributed by atoms with Gasteiger partial charge < -0.3 is 24.3 Å². The van der Waals surface area contributed by atoms with Crippen molar-refractivity contribution in [3.63, 3.8) is 0 Å². The number of carbonyl (C=O) groups excluding carboxylic acids is 2. The van der Waals surface area contributed by atoms with Gasteiger partial charge in [-0.15, -0.1) is 0 Å². The standard InChI is InChI=1S/C26H43BN4O5S/c1-17(2)20(30-23(33)34-24(3,4)5)21(32)31-12-10-11-18(15-31)16-37-22-28-13-19(14-29-22)27-35-25(6,7)26(8,9)36-27/h13-14,17-18,20H,10-12,15-16H2,1-9H3,(H,30,33)/t18-,20+/m0/s1. The van der Waals surface area contributed by atoms with Gasteiger partial charge >= 0.3 is 13.2 Å². The Kier molecular flexibility index (Phi) is 9.23. The molecule has 0 aromatic carbocycles. The van der Waals surface area contributed by atoms with Gasteiger partial charge in [-0.3, -0.25) is 4.79 Å². The number of aromatic nitrogens is 2. The van der Waals surface area contributed by atoms with E-state index in [-0.39, 0.29) is 11.8 Å². The van der Waals surface area contributed by atoms with Crippen LogP contribution in [0.4, 0.5) is 4.79 Å². The predicted molar refractivity (Wildman–Crippen MR) is 146 cm³/mol. The summed E-state index contributed by atoms with van der Waals surface area (Å²) in [4.78, 5) is 36.5. The fourth-order valence-corrected chi connectivity index (χ4v) is 5.15. The summed E-state index contributed by atoms with van der Waals surface area (Å²) in [7, 11) is -0.481. The molecule has 0 saturated carbocycles. The first-order valence-corrected chi connectivity index (χ1v) is 14.2. The van der Waals surface area contributed by atoms with Crippen LogP contribution in [0.5, 0.6) is 0 Å². The van der Waals surface area contributed by atoms with Gasteiger partial charge in [0.15, 0.2) is 5.16 Å². The highest BCUT2D eigenvalue weighted by atomic mass is 32.2. The number of nitrogens with one attached hydrogen (secondary N) is 1. The number of alkyl carbamates (subject to hydrolysis) is 1. The summed E-state index contributed by atoms with van der Waals surface area (Å²) in [6, 6.07) is -0.618. The second-order valence-corrected chi connectivity index (χ2v) is 13.3.